The first-order valence-electron chi connectivity index (χ1n) is 8.40. The number of ketones is 1. The molecule has 1 saturated heterocycles. The van der Waals surface area contributed by atoms with Gasteiger partial charge in [0, 0.05) is 5.56 Å². The summed E-state index contributed by atoms with van der Waals surface area (Å²) in [6.07, 6.45) is 3.33. The van der Waals surface area contributed by atoms with Crippen LogP contribution < -0.4 is 10.1 Å². The molecule has 0 aromatic heterocycles. The van der Waals surface area contributed by atoms with E-state index in [4.69, 9.17) is 4.74 Å². The van der Waals surface area contributed by atoms with E-state index < -0.39 is 29.7 Å². The fraction of sp³-hybridized carbons (Fsp3) is 0.500. The third kappa shape index (κ3) is 2.88. The number of Topliss-reactive ketones (excluding diaryl/α,β-unsaturated/α-hetero) is 1. The molecule has 1 N–H and O–H groups in total. The van der Waals surface area contributed by atoms with Crippen molar-refractivity contribution in [3.63, 3.8) is 0 Å². The Labute approximate surface area is 145 Å². The monoisotopic (exact) mass is 348 g/mol. The van der Waals surface area contributed by atoms with Gasteiger partial charge in [-0.2, -0.15) is 0 Å². The zero-order chi connectivity index (χ0) is 18.2. The van der Waals surface area contributed by atoms with Crippen molar-refractivity contribution < 1.29 is 23.5 Å². The van der Waals surface area contributed by atoms with Crippen molar-refractivity contribution in [2.45, 2.75) is 38.1 Å². The zero-order valence-electron chi connectivity index (χ0n) is 14.3. The smallest absolute Gasteiger partial charge is 0.325 e. The largest absolute Gasteiger partial charge is 0.494 e. The Kier molecular flexibility index (Phi) is 4.49. The zero-order valence-corrected chi connectivity index (χ0v) is 14.3. The van der Waals surface area contributed by atoms with Crippen molar-refractivity contribution in [1.29, 1.82) is 0 Å². The third-order valence-electron chi connectivity index (χ3n) is 5.28. The lowest BCUT2D eigenvalue weighted by Gasteiger charge is -2.36. The van der Waals surface area contributed by atoms with E-state index in [0.29, 0.717) is 6.42 Å². The maximum atomic E-state index is 13.8. The van der Waals surface area contributed by atoms with E-state index in [2.05, 4.69) is 5.32 Å². The van der Waals surface area contributed by atoms with E-state index in [9.17, 15) is 18.8 Å². The minimum absolute atomic E-state index is 0.0243. The number of carbonyl (C=O) groups excluding carboxylic acids is 3. The van der Waals surface area contributed by atoms with Gasteiger partial charge in [-0.1, -0.05) is 19.8 Å². The number of methoxy groups -OCH3 is 1. The Bertz CT molecular complexity index is 736. The van der Waals surface area contributed by atoms with Crippen LogP contribution in [0.4, 0.5) is 9.18 Å². The van der Waals surface area contributed by atoms with Crippen LogP contribution in [-0.4, -0.2) is 41.8 Å². The average molecular weight is 348 g/mol. The lowest BCUT2D eigenvalue weighted by Crippen LogP contribution is -2.54. The second kappa shape index (κ2) is 6.46. The number of benzene rings is 1. The molecule has 1 saturated carbocycles. The molecule has 6 nitrogen and oxygen atoms in total. The molecular formula is C18H21FN2O4. The fourth-order valence-corrected chi connectivity index (χ4v) is 3.71. The van der Waals surface area contributed by atoms with Gasteiger partial charge < -0.3 is 10.1 Å². The van der Waals surface area contributed by atoms with Gasteiger partial charge in [-0.15, -0.1) is 0 Å². The van der Waals surface area contributed by atoms with Gasteiger partial charge in [-0.3, -0.25) is 14.5 Å². The Morgan fingerprint density at radius 3 is 2.80 bits per heavy atom. The van der Waals surface area contributed by atoms with Crippen LogP contribution in [0.15, 0.2) is 18.2 Å². The first-order chi connectivity index (χ1) is 11.9. The highest BCUT2D eigenvalue weighted by atomic mass is 19.1. The molecule has 3 rings (SSSR count). The first-order valence-corrected chi connectivity index (χ1v) is 8.40. The molecule has 1 aromatic carbocycles. The fourth-order valence-electron chi connectivity index (χ4n) is 3.71. The number of hydrogen-bond donors (Lipinski definition) is 1. The maximum Gasteiger partial charge on any atom is 0.325 e. The Balaban J connectivity index is 1.78. The summed E-state index contributed by atoms with van der Waals surface area (Å²) in [5.41, 5.74) is -0.808. The number of amides is 3. The molecule has 134 valence electrons. The van der Waals surface area contributed by atoms with Crippen molar-refractivity contribution in [3.05, 3.63) is 29.6 Å². The molecular weight excluding hydrogens is 327 g/mol. The molecule has 1 heterocycles. The van der Waals surface area contributed by atoms with Crippen LogP contribution in [0.3, 0.4) is 0 Å². The van der Waals surface area contributed by atoms with Crippen LogP contribution in [0.25, 0.3) is 0 Å². The molecule has 1 spiro atoms. The molecule has 0 unspecified atom stereocenters. The minimum Gasteiger partial charge on any atom is -0.494 e. The van der Waals surface area contributed by atoms with Gasteiger partial charge in [0.2, 0.25) is 0 Å². The van der Waals surface area contributed by atoms with Gasteiger partial charge in [-0.25, -0.2) is 9.18 Å². The molecule has 3 amide bonds. The predicted octanol–water partition coefficient (Wildman–Crippen LogP) is 2.52. The lowest BCUT2D eigenvalue weighted by molar-refractivity contribution is -0.133. The van der Waals surface area contributed by atoms with Crippen molar-refractivity contribution in [3.8, 4) is 5.75 Å². The standard InChI is InChI=1S/C18H21FN2O4/c1-11-5-3-4-8-18(11)16(23)21(17(24)20-18)10-14(22)12-6-7-15(25-2)13(19)9-12/h6-7,9,11H,3-5,8,10H2,1-2H3,(H,20,24)/t11-,18+/m1/s1. The van der Waals surface area contributed by atoms with Gasteiger partial charge >= 0.3 is 6.03 Å². The lowest BCUT2D eigenvalue weighted by atomic mass is 9.73. The number of nitrogens with one attached hydrogen (secondary N) is 1. The number of carbonyl (C=O) groups is 3. The van der Waals surface area contributed by atoms with Crippen molar-refractivity contribution in [1.82, 2.24) is 10.2 Å². The number of hydrogen-bond acceptors (Lipinski definition) is 4. The van der Waals surface area contributed by atoms with Gasteiger partial charge in [-0.05, 0) is 37.0 Å². The highest BCUT2D eigenvalue weighted by molar-refractivity contribution is 6.11. The second-order valence-corrected chi connectivity index (χ2v) is 6.71. The topological polar surface area (TPSA) is 75.7 Å². The minimum atomic E-state index is -0.902. The third-order valence-corrected chi connectivity index (χ3v) is 5.28. The van der Waals surface area contributed by atoms with Gasteiger partial charge in [0.15, 0.2) is 17.3 Å². The molecule has 2 aliphatic rings. The van der Waals surface area contributed by atoms with Crippen LogP contribution in [0.1, 0.15) is 43.0 Å². The molecule has 2 atom stereocenters. The number of nitrogens with zero attached hydrogens (tertiary/aromatic N) is 1. The van der Waals surface area contributed by atoms with E-state index >= 15 is 0 Å². The number of imide groups is 1. The Morgan fingerprint density at radius 1 is 1.40 bits per heavy atom. The predicted molar refractivity (Wildman–Crippen MR) is 87.9 cm³/mol. The first kappa shape index (κ1) is 17.4. The average Bonchev–Trinajstić information content (AvgIpc) is 2.82. The Morgan fingerprint density at radius 2 is 2.16 bits per heavy atom. The van der Waals surface area contributed by atoms with E-state index in [0.717, 1.165) is 30.2 Å². The van der Waals surface area contributed by atoms with Gasteiger partial charge in [0.25, 0.3) is 5.91 Å². The SMILES string of the molecule is COc1ccc(C(=O)CN2C(=O)N[C@]3(CCCC[C@H]3C)C2=O)cc1F. The normalized spacial score (nSPS) is 26.0. The van der Waals surface area contributed by atoms with Crippen LogP contribution in [-0.2, 0) is 4.79 Å². The summed E-state index contributed by atoms with van der Waals surface area (Å²) in [5.74, 6) is -1.46. The summed E-state index contributed by atoms with van der Waals surface area (Å²) >= 11 is 0. The Hall–Kier alpha value is -2.44. The molecule has 1 aliphatic heterocycles. The van der Waals surface area contributed by atoms with Crippen molar-refractivity contribution in [2.24, 2.45) is 5.92 Å². The number of rotatable bonds is 4. The van der Waals surface area contributed by atoms with Crippen LogP contribution in [0, 0.1) is 11.7 Å². The van der Waals surface area contributed by atoms with E-state index in [1.54, 1.807) is 0 Å². The van der Waals surface area contributed by atoms with E-state index in [1.807, 2.05) is 6.92 Å². The number of ether oxygens (including phenoxy) is 1. The number of urea groups is 1. The van der Waals surface area contributed by atoms with E-state index in [1.165, 1.54) is 19.2 Å². The number of halogens is 1. The van der Waals surface area contributed by atoms with E-state index in [-0.39, 0.29) is 23.1 Å². The van der Waals surface area contributed by atoms with Crippen LogP contribution >= 0.6 is 0 Å². The van der Waals surface area contributed by atoms with Gasteiger partial charge in [0.1, 0.15) is 5.54 Å². The molecule has 25 heavy (non-hydrogen) atoms. The molecule has 7 heteroatoms. The van der Waals surface area contributed by atoms with Crippen molar-refractivity contribution >= 4 is 17.7 Å². The van der Waals surface area contributed by atoms with Gasteiger partial charge in [0.05, 0.1) is 13.7 Å². The highest BCUT2D eigenvalue weighted by Gasteiger charge is 2.55. The molecule has 0 bridgehead atoms. The van der Waals surface area contributed by atoms with Crippen LogP contribution in [0.2, 0.25) is 0 Å². The quantitative estimate of drug-likeness (QED) is 0.670. The maximum absolute atomic E-state index is 13.8. The van der Waals surface area contributed by atoms with Crippen molar-refractivity contribution in [2.75, 3.05) is 13.7 Å². The summed E-state index contributed by atoms with van der Waals surface area (Å²) in [4.78, 5) is 38.5. The summed E-state index contributed by atoms with van der Waals surface area (Å²) in [6.45, 7) is 1.55. The second-order valence-electron chi connectivity index (χ2n) is 6.71. The molecule has 1 aromatic rings. The summed E-state index contributed by atoms with van der Waals surface area (Å²) in [7, 11) is 1.33. The summed E-state index contributed by atoms with van der Waals surface area (Å²) in [5, 5.41) is 2.80. The molecule has 1 aliphatic carbocycles. The summed E-state index contributed by atoms with van der Waals surface area (Å²) in [6, 6.07) is 3.26. The summed E-state index contributed by atoms with van der Waals surface area (Å²) < 4.78 is 18.6. The van der Waals surface area contributed by atoms with Crippen LogP contribution in [0.5, 0.6) is 5.75 Å². The molecule has 2 fully saturated rings. The molecule has 0 radical (unpaired) electrons. The highest BCUT2D eigenvalue weighted by Crippen LogP contribution is 2.38.